The van der Waals surface area contributed by atoms with Crippen LogP contribution < -0.4 is 5.32 Å². The van der Waals surface area contributed by atoms with Gasteiger partial charge in [0.2, 0.25) is 0 Å². The predicted molar refractivity (Wildman–Crippen MR) is 78.7 cm³/mol. The molecule has 0 aliphatic rings. The number of hydrogen-bond donors (Lipinski definition) is 1. The van der Waals surface area contributed by atoms with Gasteiger partial charge in [0.1, 0.15) is 16.7 Å². The van der Waals surface area contributed by atoms with E-state index in [1.165, 1.54) is 11.7 Å². The minimum atomic E-state index is -0.0721. The van der Waals surface area contributed by atoms with Crippen molar-refractivity contribution in [3.05, 3.63) is 47.3 Å². The van der Waals surface area contributed by atoms with Crippen molar-refractivity contribution in [1.29, 1.82) is 0 Å². The van der Waals surface area contributed by atoms with Crippen molar-refractivity contribution in [2.45, 2.75) is 13.5 Å². The van der Waals surface area contributed by atoms with Crippen molar-refractivity contribution in [2.24, 2.45) is 7.05 Å². The summed E-state index contributed by atoms with van der Waals surface area (Å²) in [5.41, 5.74) is 4.51. The van der Waals surface area contributed by atoms with E-state index in [9.17, 15) is 4.79 Å². The SMILES string of the molecule is Cc1ccc(C(=O)NCc2ccc3nsnc3c2)n1C. The Bertz CT molecular complexity index is 774. The van der Waals surface area contributed by atoms with Crippen molar-refractivity contribution in [2.75, 3.05) is 0 Å². The molecule has 2 aromatic heterocycles. The summed E-state index contributed by atoms with van der Waals surface area (Å²) in [6.45, 7) is 2.45. The Morgan fingerprint density at radius 3 is 2.80 bits per heavy atom. The number of nitrogens with one attached hydrogen (secondary N) is 1. The second-order valence-corrected chi connectivity index (χ2v) is 5.22. The maximum atomic E-state index is 12.1. The van der Waals surface area contributed by atoms with Crippen LogP contribution in [0.4, 0.5) is 0 Å². The molecule has 0 radical (unpaired) electrons. The average molecular weight is 286 g/mol. The van der Waals surface area contributed by atoms with Crippen LogP contribution in [0, 0.1) is 6.92 Å². The van der Waals surface area contributed by atoms with Gasteiger partial charge < -0.3 is 9.88 Å². The standard InChI is InChI=1S/C14H14N4OS/c1-9-3-6-13(18(9)2)14(19)15-8-10-4-5-11-12(7-10)17-20-16-11/h3-7H,8H2,1-2H3,(H,15,19). The van der Waals surface area contributed by atoms with Gasteiger partial charge in [0, 0.05) is 19.3 Å². The molecule has 0 atom stereocenters. The zero-order valence-electron chi connectivity index (χ0n) is 11.3. The fourth-order valence-electron chi connectivity index (χ4n) is 2.05. The van der Waals surface area contributed by atoms with E-state index < -0.39 is 0 Å². The maximum Gasteiger partial charge on any atom is 0.268 e. The number of benzene rings is 1. The smallest absolute Gasteiger partial charge is 0.268 e. The Morgan fingerprint density at radius 2 is 2.05 bits per heavy atom. The number of aromatic nitrogens is 3. The van der Waals surface area contributed by atoms with E-state index in [-0.39, 0.29) is 5.91 Å². The van der Waals surface area contributed by atoms with Gasteiger partial charge in [-0.2, -0.15) is 8.75 Å². The predicted octanol–water partition coefficient (Wildman–Crippen LogP) is 2.27. The van der Waals surface area contributed by atoms with Crippen molar-refractivity contribution in [1.82, 2.24) is 18.6 Å². The zero-order chi connectivity index (χ0) is 14.1. The minimum Gasteiger partial charge on any atom is -0.347 e. The van der Waals surface area contributed by atoms with Gasteiger partial charge in [0.25, 0.3) is 5.91 Å². The van der Waals surface area contributed by atoms with E-state index in [1.807, 2.05) is 48.9 Å². The number of amides is 1. The Morgan fingerprint density at radius 1 is 1.25 bits per heavy atom. The number of carbonyl (C=O) groups excluding carboxylic acids is 1. The Kier molecular flexibility index (Phi) is 3.23. The largest absolute Gasteiger partial charge is 0.347 e. The maximum absolute atomic E-state index is 12.1. The van der Waals surface area contributed by atoms with E-state index in [0.717, 1.165) is 22.3 Å². The van der Waals surface area contributed by atoms with Gasteiger partial charge >= 0.3 is 0 Å². The number of carbonyl (C=O) groups is 1. The van der Waals surface area contributed by atoms with Crippen LogP contribution in [0.2, 0.25) is 0 Å². The molecule has 0 spiro atoms. The zero-order valence-corrected chi connectivity index (χ0v) is 12.1. The van der Waals surface area contributed by atoms with E-state index in [4.69, 9.17) is 0 Å². The molecule has 3 rings (SSSR count). The lowest BCUT2D eigenvalue weighted by atomic mass is 10.2. The van der Waals surface area contributed by atoms with Gasteiger partial charge in [-0.15, -0.1) is 0 Å². The van der Waals surface area contributed by atoms with Crippen LogP contribution in [0.15, 0.2) is 30.3 Å². The number of hydrogen-bond acceptors (Lipinski definition) is 4. The molecule has 3 aromatic rings. The molecule has 0 saturated carbocycles. The quantitative estimate of drug-likeness (QED) is 0.803. The molecule has 0 aliphatic heterocycles. The molecule has 0 bridgehead atoms. The Labute approximate surface area is 120 Å². The third-order valence-electron chi connectivity index (χ3n) is 3.38. The summed E-state index contributed by atoms with van der Waals surface area (Å²) in [4.78, 5) is 12.1. The van der Waals surface area contributed by atoms with Crippen LogP contribution in [0.5, 0.6) is 0 Å². The highest BCUT2D eigenvalue weighted by Crippen LogP contribution is 2.13. The van der Waals surface area contributed by atoms with Crippen LogP contribution in [0.3, 0.4) is 0 Å². The van der Waals surface area contributed by atoms with Gasteiger partial charge in [0.05, 0.1) is 11.7 Å². The van der Waals surface area contributed by atoms with Gasteiger partial charge in [-0.3, -0.25) is 4.79 Å². The molecule has 0 aliphatic carbocycles. The topological polar surface area (TPSA) is 59.8 Å². The lowest BCUT2D eigenvalue weighted by molar-refractivity contribution is 0.0942. The molecule has 1 amide bonds. The van der Waals surface area contributed by atoms with Crippen LogP contribution >= 0.6 is 11.7 Å². The minimum absolute atomic E-state index is 0.0721. The second-order valence-electron chi connectivity index (χ2n) is 4.69. The van der Waals surface area contributed by atoms with Crippen LogP contribution in [0.25, 0.3) is 11.0 Å². The lowest BCUT2D eigenvalue weighted by Crippen LogP contribution is -2.25. The van der Waals surface area contributed by atoms with Gasteiger partial charge in [0.15, 0.2) is 0 Å². The van der Waals surface area contributed by atoms with E-state index in [1.54, 1.807) is 0 Å². The van der Waals surface area contributed by atoms with Crippen molar-refractivity contribution in [3.8, 4) is 0 Å². The molecule has 5 nitrogen and oxygen atoms in total. The number of nitrogens with zero attached hydrogens (tertiary/aromatic N) is 3. The third-order valence-corrected chi connectivity index (χ3v) is 3.93. The average Bonchev–Trinajstić information content (AvgIpc) is 3.03. The van der Waals surface area contributed by atoms with E-state index in [0.29, 0.717) is 12.2 Å². The second kappa shape index (κ2) is 5.05. The molecule has 0 unspecified atom stereocenters. The highest BCUT2D eigenvalue weighted by molar-refractivity contribution is 7.00. The highest BCUT2D eigenvalue weighted by Gasteiger charge is 2.10. The molecule has 0 fully saturated rings. The van der Waals surface area contributed by atoms with Crippen LogP contribution in [-0.2, 0) is 13.6 Å². The third kappa shape index (κ3) is 2.30. The normalized spacial score (nSPS) is 10.9. The molecule has 20 heavy (non-hydrogen) atoms. The summed E-state index contributed by atoms with van der Waals surface area (Å²) in [6.07, 6.45) is 0. The van der Waals surface area contributed by atoms with Crippen LogP contribution in [-0.4, -0.2) is 19.2 Å². The molecular formula is C14H14N4OS. The molecule has 102 valence electrons. The summed E-state index contributed by atoms with van der Waals surface area (Å²) >= 11 is 1.20. The van der Waals surface area contributed by atoms with Crippen LogP contribution in [0.1, 0.15) is 21.7 Å². The number of aryl methyl sites for hydroxylation is 1. The summed E-state index contributed by atoms with van der Waals surface area (Å²) < 4.78 is 10.2. The first-order valence-electron chi connectivity index (χ1n) is 6.27. The summed E-state index contributed by atoms with van der Waals surface area (Å²) in [7, 11) is 1.89. The molecule has 0 saturated heterocycles. The number of fused-ring (bicyclic) bond motifs is 1. The summed E-state index contributed by atoms with van der Waals surface area (Å²) in [6, 6.07) is 9.60. The summed E-state index contributed by atoms with van der Waals surface area (Å²) in [5, 5.41) is 2.92. The molecule has 1 N–H and O–H groups in total. The molecule has 1 aromatic carbocycles. The van der Waals surface area contributed by atoms with E-state index in [2.05, 4.69) is 14.1 Å². The highest BCUT2D eigenvalue weighted by atomic mass is 32.1. The van der Waals surface area contributed by atoms with E-state index >= 15 is 0 Å². The number of rotatable bonds is 3. The van der Waals surface area contributed by atoms with Gasteiger partial charge in [-0.25, -0.2) is 0 Å². The molecule has 2 heterocycles. The Balaban J connectivity index is 1.72. The summed E-state index contributed by atoms with van der Waals surface area (Å²) in [5.74, 6) is -0.0721. The molecule has 6 heteroatoms. The fraction of sp³-hybridized carbons (Fsp3) is 0.214. The van der Waals surface area contributed by atoms with Crippen molar-refractivity contribution in [3.63, 3.8) is 0 Å². The fourth-order valence-corrected chi connectivity index (χ4v) is 2.57. The Hall–Kier alpha value is -2.21. The first-order valence-corrected chi connectivity index (χ1v) is 7.00. The monoisotopic (exact) mass is 286 g/mol. The van der Waals surface area contributed by atoms with Gasteiger partial charge in [-0.1, -0.05) is 6.07 Å². The first-order chi connectivity index (χ1) is 9.65. The van der Waals surface area contributed by atoms with Crippen molar-refractivity contribution < 1.29 is 4.79 Å². The van der Waals surface area contributed by atoms with Crippen molar-refractivity contribution >= 4 is 28.7 Å². The lowest BCUT2D eigenvalue weighted by Gasteiger charge is -2.07. The van der Waals surface area contributed by atoms with Gasteiger partial charge in [-0.05, 0) is 36.8 Å². The first kappa shape index (κ1) is 12.8. The molecular weight excluding hydrogens is 272 g/mol.